The fourth-order valence-electron chi connectivity index (χ4n) is 2.25. The fourth-order valence-corrected chi connectivity index (χ4v) is 2.25. The molecule has 2 N–H and O–H groups in total. The second kappa shape index (κ2) is 5.89. The van der Waals surface area contributed by atoms with Crippen LogP contribution in [0.15, 0.2) is 42.5 Å². The lowest BCUT2D eigenvalue weighted by atomic mass is 10.1. The molecule has 0 atom stereocenters. The Morgan fingerprint density at radius 3 is 2.21 bits per heavy atom. The quantitative estimate of drug-likeness (QED) is 0.906. The van der Waals surface area contributed by atoms with Gasteiger partial charge in [-0.25, -0.2) is 0 Å². The second-order valence-corrected chi connectivity index (χ2v) is 5.18. The number of anilines is 1. The summed E-state index contributed by atoms with van der Waals surface area (Å²) < 4.78 is 0. The third-order valence-electron chi connectivity index (χ3n) is 3.41. The molecule has 2 aromatic rings. The molecule has 0 saturated heterocycles. The topological polar surface area (TPSA) is 29.3 Å². The van der Waals surface area contributed by atoms with Crippen molar-refractivity contribution in [1.29, 1.82) is 0 Å². The Morgan fingerprint density at radius 2 is 1.58 bits per heavy atom. The van der Waals surface area contributed by atoms with Gasteiger partial charge in [-0.2, -0.15) is 0 Å². The molecule has 2 nitrogen and oxygen atoms in total. The van der Waals surface area contributed by atoms with Gasteiger partial charge in [0.15, 0.2) is 0 Å². The van der Waals surface area contributed by atoms with Crippen molar-refractivity contribution < 1.29 is 0 Å². The van der Waals surface area contributed by atoms with E-state index in [1.54, 1.807) is 0 Å². The normalized spacial score (nSPS) is 10.5. The van der Waals surface area contributed by atoms with Crippen molar-refractivity contribution in [3.63, 3.8) is 0 Å². The van der Waals surface area contributed by atoms with E-state index in [1.165, 1.54) is 27.9 Å². The average molecular weight is 254 g/mol. The summed E-state index contributed by atoms with van der Waals surface area (Å²) in [4.78, 5) is 2.26. The third-order valence-corrected chi connectivity index (χ3v) is 3.41. The van der Waals surface area contributed by atoms with Gasteiger partial charge in [0.2, 0.25) is 0 Å². The molecule has 0 aliphatic rings. The molecule has 0 aliphatic heterocycles. The second-order valence-electron chi connectivity index (χ2n) is 5.18. The summed E-state index contributed by atoms with van der Waals surface area (Å²) >= 11 is 0. The average Bonchev–Trinajstić information content (AvgIpc) is 2.41. The summed E-state index contributed by atoms with van der Waals surface area (Å²) in [5, 5.41) is 0. The van der Waals surface area contributed by atoms with Crippen molar-refractivity contribution in [3.05, 3.63) is 64.7 Å². The molecule has 0 aromatic heterocycles. The molecule has 2 rings (SSSR count). The van der Waals surface area contributed by atoms with Crippen LogP contribution in [0.5, 0.6) is 0 Å². The Labute approximate surface area is 115 Å². The largest absolute Gasteiger partial charge is 0.370 e. The molecule has 0 unspecified atom stereocenters. The summed E-state index contributed by atoms with van der Waals surface area (Å²) in [6.45, 7) is 5.70. The van der Waals surface area contributed by atoms with Crippen LogP contribution in [0.25, 0.3) is 0 Å². The molecule has 100 valence electrons. The molecule has 0 spiro atoms. The molecule has 0 amide bonds. The first kappa shape index (κ1) is 13.6. The van der Waals surface area contributed by atoms with Gasteiger partial charge in [0.05, 0.1) is 0 Å². The van der Waals surface area contributed by atoms with Crippen molar-refractivity contribution in [2.75, 3.05) is 11.9 Å². The monoisotopic (exact) mass is 254 g/mol. The van der Waals surface area contributed by atoms with E-state index < -0.39 is 0 Å². The zero-order valence-corrected chi connectivity index (χ0v) is 12.0. The first-order valence-corrected chi connectivity index (χ1v) is 6.66. The summed E-state index contributed by atoms with van der Waals surface area (Å²) in [5.41, 5.74) is 12.1. The zero-order valence-electron chi connectivity index (χ0n) is 12.0. The van der Waals surface area contributed by atoms with Crippen LogP contribution >= 0.6 is 0 Å². The number of nitrogens with two attached hydrogens (primary N) is 1. The van der Waals surface area contributed by atoms with E-state index in [-0.39, 0.29) is 0 Å². The highest BCUT2D eigenvalue weighted by atomic mass is 15.1. The molecule has 0 saturated carbocycles. The van der Waals surface area contributed by atoms with Crippen molar-refractivity contribution in [1.82, 2.24) is 0 Å². The van der Waals surface area contributed by atoms with Crippen LogP contribution < -0.4 is 10.6 Å². The van der Waals surface area contributed by atoms with Gasteiger partial charge in [-0.15, -0.1) is 0 Å². The van der Waals surface area contributed by atoms with Crippen LogP contribution in [0.1, 0.15) is 22.3 Å². The number of aryl methyl sites for hydroxylation is 2. The van der Waals surface area contributed by atoms with E-state index in [4.69, 9.17) is 5.73 Å². The Balaban J connectivity index is 2.21. The maximum absolute atomic E-state index is 5.83. The smallest absolute Gasteiger partial charge is 0.0426 e. The minimum absolute atomic E-state index is 0.577. The molecule has 2 heteroatoms. The summed E-state index contributed by atoms with van der Waals surface area (Å²) in [6, 6.07) is 15.1. The molecule has 0 heterocycles. The van der Waals surface area contributed by atoms with Crippen LogP contribution in [-0.4, -0.2) is 7.05 Å². The van der Waals surface area contributed by atoms with E-state index >= 15 is 0 Å². The van der Waals surface area contributed by atoms with Gasteiger partial charge in [0.1, 0.15) is 0 Å². The van der Waals surface area contributed by atoms with Crippen molar-refractivity contribution in [3.8, 4) is 0 Å². The predicted octanol–water partition coefficient (Wildman–Crippen LogP) is 3.40. The Morgan fingerprint density at radius 1 is 0.947 bits per heavy atom. The SMILES string of the molecule is Cc1ccc(CN(C)c2cc(C)ccc2CN)cc1. The number of rotatable bonds is 4. The summed E-state index contributed by atoms with van der Waals surface area (Å²) in [6.07, 6.45) is 0. The first-order valence-electron chi connectivity index (χ1n) is 6.66. The van der Waals surface area contributed by atoms with Gasteiger partial charge in [-0.3, -0.25) is 0 Å². The molecular weight excluding hydrogens is 232 g/mol. The number of benzene rings is 2. The van der Waals surface area contributed by atoms with Gasteiger partial charge in [0, 0.05) is 25.8 Å². The van der Waals surface area contributed by atoms with Gasteiger partial charge in [-0.1, -0.05) is 42.0 Å². The Bertz CT molecular complexity index is 544. The highest BCUT2D eigenvalue weighted by Crippen LogP contribution is 2.22. The number of nitrogens with zero attached hydrogens (tertiary/aromatic N) is 1. The van der Waals surface area contributed by atoms with Crippen molar-refractivity contribution in [2.24, 2.45) is 5.73 Å². The maximum Gasteiger partial charge on any atom is 0.0426 e. The molecule has 0 bridgehead atoms. The highest BCUT2D eigenvalue weighted by molar-refractivity contribution is 5.55. The van der Waals surface area contributed by atoms with Crippen molar-refractivity contribution >= 4 is 5.69 Å². The highest BCUT2D eigenvalue weighted by Gasteiger charge is 2.07. The van der Waals surface area contributed by atoms with Gasteiger partial charge in [-0.05, 0) is 36.6 Å². The molecule has 19 heavy (non-hydrogen) atoms. The molecule has 2 aromatic carbocycles. The van der Waals surface area contributed by atoms with Crippen LogP contribution in [0.4, 0.5) is 5.69 Å². The maximum atomic E-state index is 5.83. The van der Waals surface area contributed by atoms with Gasteiger partial charge < -0.3 is 10.6 Å². The Kier molecular flexibility index (Phi) is 4.23. The standard InChI is InChI=1S/C17H22N2/c1-13-4-7-15(8-5-13)12-19(3)17-10-14(2)6-9-16(17)11-18/h4-10H,11-12,18H2,1-3H3. The lowest BCUT2D eigenvalue weighted by Crippen LogP contribution is -2.19. The van der Waals surface area contributed by atoms with Gasteiger partial charge >= 0.3 is 0 Å². The first-order chi connectivity index (χ1) is 9.10. The Hall–Kier alpha value is -1.80. The van der Waals surface area contributed by atoms with Gasteiger partial charge in [0.25, 0.3) is 0 Å². The van der Waals surface area contributed by atoms with E-state index in [9.17, 15) is 0 Å². The van der Waals surface area contributed by atoms with Crippen LogP contribution in [0, 0.1) is 13.8 Å². The lowest BCUT2D eigenvalue weighted by Gasteiger charge is -2.23. The lowest BCUT2D eigenvalue weighted by molar-refractivity contribution is 0.902. The molecule has 0 radical (unpaired) electrons. The van der Waals surface area contributed by atoms with Crippen LogP contribution in [-0.2, 0) is 13.1 Å². The zero-order chi connectivity index (χ0) is 13.8. The summed E-state index contributed by atoms with van der Waals surface area (Å²) in [7, 11) is 2.12. The number of hydrogen-bond donors (Lipinski definition) is 1. The number of hydrogen-bond acceptors (Lipinski definition) is 2. The third kappa shape index (κ3) is 3.36. The van der Waals surface area contributed by atoms with Crippen molar-refractivity contribution in [2.45, 2.75) is 26.9 Å². The van der Waals surface area contributed by atoms with E-state index in [2.05, 4.69) is 68.3 Å². The van der Waals surface area contributed by atoms with E-state index in [0.717, 1.165) is 6.54 Å². The minimum Gasteiger partial charge on any atom is -0.370 e. The van der Waals surface area contributed by atoms with Crippen LogP contribution in [0.3, 0.4) is 0 Å². The molecule has 0 fully saturated rings. The van der Waals surface area contributed by atoms with E-state index in [0.29, 0.717) is 6.54 Å². The van der Waals surface area contributed by atoms with Crippen LogP contribution in [0.2, 0.25) is 0 Å². The fraction of sp³-hybridized carbons (Fsp3) is 0.294. The molecular formula is C17H22N2. The predicted molar refractivity (Wildman–Crippen MR) is 82.4 cm³/mol. The van der Waals surface area contributed by atoms with E-state index in [1.807, 2.05) is 0 Å². The molecule has 0 aliphatic carbocycles. The minimum atomic E-state index is 0.577. The summed E-state index contributed by atoms with van der Waals surface area (Å²) in [5.74, 6) is 0.